The molecule has 0 radical (unpaired) electrons. The highest BCUT2D eigenvalue weighted by Gasteiger charge is 2.22. The van der Waals surface area contributed by atoms with Crippen molar-refractivity contribution in [1.29, 1.82) is 0 Å². The van der Waals surface area contributed by atoms with Gasteiger partial charge in [-0.2, -0.15) is 8.42 Å². The number of hydrogen-bond acceptors (Lipinski definition) is 5. The van der Waals surface area contributed by atoms with Gasteiger partial charge >= 0.3 is 10.1 Å². The Morgan fingerprint density at radius 3 is 2.11 bits per heavy atom. The van der Waals surface area contributed by atoms with Gasteiger partial charge in [0.05, 0.1) is 7.11 Å². The summed E-state index contributed by atoms with van der Waals surface area (Å²) in [5.41, 5.74) is 2.37. The summed E-state index contributed by atoms with van der Waals surface area (Å²) in [7, 11) is -2.82. The number of amides is 1. The van der Waals surface area contributed by atoms with Gasteiger partial charge in [0.15, 0.2) is 11.5 Å². The normalized spacial score (nSPS) is 11.9. The molecule has 0 aliphatic heterocycles. The lowest BCUT2D eigenvalue weighted by atomic mass is 9.86. The van der Waals surface area contributed by atoms with Crippen molar-refractivity contribution in [3.63, 3.8) is 0 Å². The van der Waals surface area contributed by atoms with E-state index in [1.54, 1.807) is 23.1 Å². The Kier molecular flexibility index (Phi) is 8.64. The van der Waals surface area contributed by atoms with Crippen molar-refractivity contribution in [3.8, 4) is 11.5 Å². The Morgan fingerprint density at radius 2 is 1.57 bits per heavy atom. The summed E-state index contributed by atoms with van der Waals surface area (Å²) in [6.07, 6.45) is 0. The van der Waals surface area contributed by atoms with Crippen LogP contribution in [0.15, 0.2) is 71.6 Å². The van der Waals surface area contributed by atoms with Gasteiger partial charge in [0, 0.05) is 18.7 Å². The third-order valence-electron chi connectivity index (χ3n) is 5.77. The van der Waals surface area contributed by atoms with E-state index in [-0.39, 0.29) is 40.2 Å². The number of hydrogen-bond donors (Lipinski definition) is 0. The molecule has 0 saturated heterocycles. The maximum absolute atomic E-state index is 13.4. The van der Waals surface area contributed by atoms with Gasteiger partial charge in [-0.05, 0) is 71.0 Å². The molecule has 198 valence electrons. The minimum Gasteiger partial charge on any atom is -0.493 e. The molecule has 0 atom stereocenters. The van der Waals surface area contributed by atoms with E-state index < -0.39 is 15.9 Å². The molecule has 0 saturated carbocycles. The molecule has 37 heavy (non-hydrogen) atoms. The summed E-state index contributed by atoms with van der Waals surface area (Å²) in [6.45, 7) is 11.2. The van der Waals surface area contributed by atoms with Crippen LogP contribution in [0.25, 0.3) is 0 Å². The summed E-state index contributed by atoms with van der Waals surface area (Å²) in [5.74, 6) is -0.261. The first-order valence-corrected chi connectivity index (χ1v) is 13.5. The van der Waals surface area contributed by atoms with Crippen LogP contribution >= 0.6 is 0 Å². The Bertz CT molecular complexity index is 1330. The minimum atomic E-state index is -4.23. The highest BCUT2D eigenvalue weighted by molar-refractivity contribution is 7.87. The number of methoxy groups -OCH3 is 1. The number of benzene rings is 3. The van der Waals surface area contributed by atoms with Crippen molar-refractivity contribution in [1.82, 2.24) is 4.90 Å². The molecule has 3 rings (SSSR count). The molecule has 0 aliphatic carbocycles. The van der Waals surface area contributed by atoms with E-state index in [0.717, 1.165) is 29.8 Å². The molecule has 0 heterocycles. The van der Waals surface area contributed by atoms with E-state index in [0.29, 0.717) is 17.7 Å². The smallest absolute Gasteiger partial charge is 0.339 e. The minimum absolute atomic E-state index is 0.0178. The lowest BCUT2D eigenvalue weighted by molar-refractivity contribution is 0.0722. The Balaban J connectivity index is 1.89. The SMILES string of the molecule is COc1ccc(CN(CC(C)C)C(=O)c2ccc(C(C)(C)C)cc2)cc1OS(=O)(=O)c1ccc(F)cc1. The molecule has 6 nitrogen and oxygen atoms in total. The van der Waals surface area contributed by atoms with Gasteiger partial charge < -0.3 is 13.8 Å². The maximum Gasteiger partial charge on any atom is 0.339 e. The predicted molar refractivity (Wildman–Crippen MR) is 142 cm³/mol. The van der Waals surface area contributed by atoms with Crippen LogP contribution in [0.4, 0.5) is 4.39 Å². The summed E-state index contributed by atoms with van der Waals surface area (Å²) in [4.78, 5) is 15.0. The lowest BCUT2D eigenvalue weighted by Gasteiger charge is -2.26. The first-order valence-electron chi connectivity index (χ1n) is 12.1. The molecular formula is C29H34FNO5S. The van der Waals surface area contributed by atoms with Gasteiger partial charge in [0.2, 0.25) is 0 Å². The zero-order chi connectivity index (χ0) is 27.4. The van der Waals surface area contributed by atoms with Crippen LogP contribution in [0, 0.1) is 11.7 Å². The number of halogens is 1. The topological polar surface area (TPSA) is 72.9 Å². The van der Waals surface area contributed by atoms with E-state index in [1.807, 2.05) is 38.1 Å². The highest BCUT2D eigenvalue weighted by Crippen LogP contribution is 2.32. The van der Waals surface area contributed by atoms with Crippen LogP contribution in [0.3, 0.4) is 0 Å². The highest BCUT2D eigenvalue weighted by atomic mass is 32.2. The molecule has 0 unspecified atom stereocenters. The lowest BCUT2D eigenvalue weighted by Crippen LogP contribution is -2.33. The number of rotatable bonds is 9. The van der Waals surface area contributed by atoms with Gasteiger partial charge in [-0.3, -0.25) is 4.79 Å². The van der Waals surface area contributed by atoms with Gasteiger partial charge in [-0.25, -0.2) is 4.39 Å². The monoisotopic (exact) mass is 527 g/mol. The van der Waals surface area contributed by atoms with Gasteiger partial charge in [-0.1, -0.05) is 52.8 Å². The second-order valence-electron chi connectivity index (χ2n) is 10.4. The molecule has 0 N–H and O–H groups in total. The molecule has 3 aromatic rings. The third kappa shape index (κ3) is 7.32. The van der Waals surface area contributed by atoms with Gasteiger partial charge in [0.25, 0.3) is 5.91 Å². The fourth-order valence-electron chi connectivity index (χ4n) is 3.83. The van der Waals surface area contributed by atoms with Crippen LogP contribution < -0.4 is 8.92 Å². The van der Waals surface area contributed by atoms with Crippen molar-refractivity contribution in [2.24, 2.45) is 5.92 Å². The Hall–Kier alpha value is -3.39. The number of carbonyl (C=O) groups excluding carboxylic acids is 1. The summed E-state index contributed by atoms with van der Waals surface area (Å²) in [6, 6.07) is 16.9. The van der Waals surface area contributed by atoms with Crippen molar-refractivity contribution < 1.29 is 26.5 Å². The van der Waals surface area contributed by atoms with Crippen LogP contribution in [-0.4, -0.2) is 32.9 Å². The van der Waals surface area contributed by atoms with Gasteiger partial charge in [-0.15, -0.1) is 0 Å². The van der Waals surface area contributed by atoms with Crippen molar-refractivity contribution in [2.45, 2.75) is 51.5 Å². The fraction of sp³-hybridized carbons (Fsp3) is 0.345. The Labute approximate surface area is 219 Å². The zero-order valence-corrected chi connectivity index (χ0v) is 22.9. The van der Waals surface area contributed by atoms with E-state index in [1.165, 1.54) is 7.11 Å². The van der Waals surface area contributed by atoms with Crippen LogP contribution in [0.1, 0.15) is 56.1 Å². The predicted octanol–water partition coefficient (Wildman–Crippen LogP) is 6.20. The second kappa shape index (κ2) is 11.3. The first kappa shape index (κ1) is 28.2. The molecule has 3 aromatic carbocycles. The van der Waals surface area contributed by atoms with Crippen molar-refractivity contribution >= 4 is 16.0 Å². The third-order valence-corrected chi connectivity index (χ3v) is 7.02. The van der Waals surface area contributed by atoms with E-state index in [4.69, 9.17) is 8.92 Å². The van der Waals surface area contributed by atoms with Crippen molar-refractivity contribution in [2.75, 3.05) is 13.7 Å². The molecule has 8 heteroatoms. The summed E-state index contributed by atoms with van der Waals surface area (Å²) < 4.78 is 49.5. The standard InChI is InChI=1S/C29H34FNO5S/c1-20(2)18-31(28(32)22-8-10-23(11-9-22)29(3,4)5)19-21-7-16-26(35-6)27(17-21)36-37(33,34)25-14-12-24(30)13-15-25/h7-17,20H,18-19H2,1-6H3. The Morgan fingerprint density at radius 1 is 0.946 bits per heavy atom. The van der Waals surface area contributed by atoms with Crippen molar-refractivity contribution in [3.05, 3.63) is 89.2 Å². The number of carbonyl (C=O) groups is 1. The van der Waals surface area contributed by atoms with Crippen LogP contribution in [0.5, 0.6) is 11.5 Å². The average Bonchev–Trinajstić information content (AvgIpc) is 2.82. The average molecular weight is 528 g/mol. The van der Waals surface area contributed by atoms with E-state index in [2.05, 4.69) is 20.8 Å². The molecule has 0 aliphatic rings. The van der Waals surface area contributed by atoms with E-state index in [9.17, 15) is 17.6 Å². The zero-order valence-electron chi connectivity index (χ0n) is 22.1. The molecule has 0 aromatic heterocycles. The number of nitrogens with zero attached hydrogens (tertiary/aromatic N) is 1. The molecule has 0 bridgehead atoms. The quantitative estimate of drug-likeness (QED) is 0.310. The number of ether oxygens (including phenoxy) is 1. The van der Waals surface area contributed by atoms with Gasteiger partial charge in [0.1, 0.15) is 10.7 Å². The fourth-order valence-corrected chi connectivity index (χ4v) is 4.76. The van der Waals surface area contributed by atoms with E-state index >= 15 is 0 Å². The molecule has 0 fully saturated rings. The molecule has 1 amide bonds. The largest absolute Gasteiger partial charge is 0.493 e. The maximum atomic E-state index is 13.4. The van der Waals surface area contributed by atoms with Crippen LogP contribution in [-0.2, 0) is 22.1 Å². The summed E-state index contributed by atoms with van der Waals surface area (Å²) in [5, 5.41) is 0. The van der Waals surface area contributed by atoms with Crippen LogP contribution in [0.2, 0.25) is 0 Å². The molecule has 0 spiro atoms. The first-order chi connectivity index (χ1) is 17.3. The summed E-state index contributed by atoms with van der Waals surface area (Å²) >= 11 is 0. The molecular weight excluding hydrogens is 493 g/mol. The second-order valence-corrected chi connectivity index (χ2v) is 11.9.